The fourth-order valence-corrected chi connectivity index (χ4v) is 5.55. The summed E-state index contributed by atoms with van der Waals surface area (Å²) in [5.41, 5.74) is 2.02. The number of aromatic nitrogens is 4. The highest BCUT2D eigenvalue weighted by Gasteiger charge is 2.57. The Morgan fingerprint density at radius 3 is 2.88 bits per heavy atom. The van der Waals surface area contributed by atoms with Gasteiger partial charge in [-0.1, -0.05) is 6.07 Å². The number of nitrogens with one attached hydrogen (secondary N) is 1. The molecule has 8 heteroatoms. The van der Waals surface area contributed by atoms with Crippen molar-refractivity contribution in [2.24, 2.45) is 5.41 Å². The lowest BCUT2D eigenvalue weighted by atomic mass is 9.70. The van der Waals surface area contributed by atoms with Gasteiger partial charge in [0.2, 0.25) is 5.91 Å². The summed E-state index contributed by atoms with van der Waals surface area (Å²) in [5, 5.41) is 4.54. The van der Waals surface area contributed by atoms with Crippen molar-refractivity contribution in [3.63, 3.8) is 0 Å². The van der Waals surface area contributed by atoms with E-state index in [0.29, 0.717) is 25.2 Å². The molecule has 5 rings (SSSR count). The molecule has 0 aromatic carbocycles. The van der Waals surface area contributed by atoms with Crippen LogP contribution in [-0.4, -0.2) is 61.0 Å². The van der Waals surface area contributed by atoms with Crippen molar-refractivity contribution in [3.05, 3.63) is 72.1 Å². The second-order valence-electron chi connectivity index (χ2n) is 9.48. The van der Waals surface area contributed by atoms with Gasteiger partial charge in [0, 0.05) is 74.8 Å². The van der Waals surface area contributed by atoms with Gasteiger partial charge >= 0.3 is 0 Å². The number of likely N-dealkylation sites (tertiary alicyclic amines) is 2. The molecule has 2 aliphatic heterocycles. The van der Waals surface area contributed by atoms with E-state index in [1.807, 2.05) is 38.9 Å². The van der Waals surface area contributed by atoms with E-state index in [1.54, 1.807) is 30.9 Å². The molecule has 0 bridgehead atoms. The van der Waals surface area contributed by atoms with E-state index in [1.165, 1.54) is 0 Å². The second kappa shape index (κ2) is 8.50. The summed E-state index contributed by atoms with van der Waals surface area (Å²) in [5.74, 6) is -0.0103. The summed E-state index contributed by atoms with van der Waals surface area (Å²) < 4.78 is 2.00. The van der Waals surface area contributed by atoms with Crippen LogP contribution in [0.15, 0.2) is 55.2 Å². The van der Waals surface area contributed by atoms with Gasteiger partial charge in [0.1, 0.15) is 0 Å². The van der Waals surface area contributed by atoms with Crippen LogP contribution in [-0.2, 0) is 11.3 Å². The molecule has 3 aromatic heterocycles. The lowest BCUT2D eigenvalue weighted by molar-refractivity contribution is -0.147. The average Bonchev–Trinajstić information content (AvgIpc) is 3.57. The molecule has 0 aliphatic carbocycles. The van der Waals surface area contributed by atoms with E-state index >= 15 is 0 Å². The SMILES string of the molecule is CC(C)n1nccc1[C@@H]1CN(C(=O)c2cc[nH]c2)C[C@@]12CCCN(Cc1cccnc1)C2=O. The van der Waals surface area contributed by atoms with Crippen molar-refractivity contribution in [1.29, 1.82) is 0 Å². The van der Waals surface area contributed by atoms with Crippen molar-refractivity contribution >= 4 is 11.8 Å². The first-order chi connectivity index (χ1) is 16.0. The summed E-state index contributed by atoms with van der Waals surface area (Å²) in [6, 6.07) is 7.88. The Morgan fingerprint density at radius 1 is 1.27 bits per heavy atom. The van der Waals surface area contributed by atoms with Crippen molar-refractivity contribution in [2.45, 2.75) is 45.2 Å². The monoisotopic (exact) mass is 446 g/mol. The summed E-state index contributed by atoms with van der Waals surface area (Å²) in [6.45, 7) is 6.38. The number of aromatic amines is 1. The Balaban J connectivity index is 1.52. The molecular weight excluding hydrogens is 416 g/mol. The standard InChI is InChI=1S/C25H30N6O2/c1-18(2)31-22(7-11-28-31)21-16-30(23(32)20-6-10-27-14-20)17-25(21)8-4-12-29(24(25)33)15-19-5-3-9-26-13-19/h3,5-7,9-11,13-14,18,21,27H,4,8,12,15-17H2,1-2H3/t21-,25-/m0/s1. The van der Waals surface area contributed by atoms with E-state index in [2.05, 4.69) is 28.9 Å². The van der Waals surface area contributed by atoms with Crippen LogP contribution in [0, 0.1) is 5.41 Å². The molecule has 2 aliphatic rings. The van der Waals surface area contributed by atoms with E-state index in [-0.39, 0.29) is 23.8 Å². The van der Waals surface area contributed by atoms with Gasteiger partial charge in [-0.15, -0.1) is 0 Å². The Bertz CT molecular complexity index is 1120. The molecule has 0 saturated carbocycles. The van der Waals surface area contributed by atoms with Crippen molar-refractivity contribution in [1.82, 2.24) is 29.5 Å². The number of amides is 2. The lowest BCUT2D eigenvalue weighted by Gasteiger charge is -2.42. The molecular formula is C25H30N6O2. The lowest BCUT2D eigenvalue weighted by Crippen LogP contribution is -2.52. The Labute approximate surface area is 193 Å². The Morgan fingerprint density at radius 2 is 2.15 bits per heavy atom. The third-order valence-electron chi connectivity index (χ3n) is 7.08. The minimum absolute atomic E-state index is 0.0362. The van der Waals surface area contributed by atoms with Crippen molar-refractivity contribution < 1.29 is 9.59 Å². The maximum absolute atomic E-state index is 14.1. The highest BCUT2D eigenvalue weighted by atomic mass is 16.2. The number of carbonyl (C=O) groups is 2. The normalized spacial score (nSPS) is 23.1. The van der Waals surface area contributed by atoms with Gasteiger partial charge in [0.05, 0.1) is 11.0 Å². The third-order valence-corrected chi connectivity index (χ3v) is 7.08. The number of H-pyrrole nitrogens is 1. The number of pyridine rings is 1. The molecule has 2 saturated heterocycles. The maximum atomic E-state index is 14.1. The zero-order chi connectivity index (χ0) is 23.0. The van der Waals surface area contributed by atoms with Crippen LogP contribution in [0.3, 0.4) is 0 Å². The topological polar surface area (TPSA) is 87.1 Å². The molecule has 0 unspecified atom stereocenters. The highest BCUT2D eigenvalue weighted by Crippen LogP contribution is 2.50. The molecule has 3 aromatic rings. The summed E-state index contributed by atoms with van der Waals surface area (Å²) in [4.78, 5) is 38.4. The predicted octanol–water partition coefficient (Wildman–Crippen LogP) is 3.24. The summed E-state index contributed by atoms with van der Waals surface area (Å²) in [6.07, 6.45) is 10.5. The average molecular weight is 447 g/mol. The summed E-state index contributed by atoms with van der Waals surface area (Å²) in [7, 11) is 0. The Hall–Kier alpha value is -3.42. The van der Waals surface area contributed by atoms with Crippen LogP contribution < -0.4 is 0 Å². The number of hydrogen-bond donors (Lipinski definition) is 1. The maximum Gasteiger partial charge on any atom is 0.255 e. The van der Waals surface area contributed by atoms with E-state index < -0.39 is 5.41 Å². The molecule has 33 heavy (non-hydrogen) atoms. The molecule has 1 spiro atoms. The van der Waals surface area contributed by atoms with Gasteiger partial charge in [-0.3, -0.25) is 19.3 Å². The molecule has 8 nitrogen and oxygen atoms in total. The van der Waals surface area contributed by atoms with Crippen LogP contribution in [0.25, 0.3) is 0 Å². The van der Waals surface area contributed by atoms with Crippen molar-refractivity contribution in [2.75, 3.05) is 19.6 Å². The highest BCUT2D eigenvalue weighted by molar-refractivity contribution is 5.95. The zero-order valence-corrected chi connectivity index (χ0v) is 19.1. The van der Waals surface area contributed by atoms with Gasteiger partial charge in [-0.25, -0.2) is 0 Å². The number of carbonyl (C=O) groups excluding carboxylic acids is 2. The minimum atomic E-state index is -0.654. The summed E-state index contributed by atoms with van der Waals surface area (Å²) >= 11 is 0. The fraction of sp³-hybridized carbons (Fsp3) is 0.440. The first-order valence-corrected chi connectivity index (χ1v) is 11.6. The van der Waals surface area contributed by atoms with Gasteiger partial charge in [-0.2, -0.15) is 5.10 Å². The second-order valence-corrected chi connectivity index (χ2v) is 9.48. The van der Waals surface area contributed by atoms with Gasteiger partial charge < -0.3 is 14.8 Å². The smallest absolute Gasteiger partial charge is 0.255 e. The molecule has 0 radical (unpaired) electrons. The number of rotatable bonds is 5. The Kier molecular flexibility index (Phi) is 5.52. The van der Waals surface area contributed by atoms with E-state index in [0.717, 1.165) is 30.6 Å². The van der Waals surface area contributed by atoms with Crippen LogP contribution in [0.1, 0.15) is 60.3 Å². The van der Waals surface area contributed by atoms with E-state index in [9.17, 15) is 9.59 Å². The molecule has 5 heterocycles. The minimum Gasteiger partial charge on any atom is -0.367 e. The molecule has 1 N–H and O–H groups in total. The first kappa shape index (κ1) is 21.4. The van der Waals surface area contributed by atoms with Crippen molar-refractivity contribution in [3.8, 4) is 0 Å². The van der Waals surface area contributed by atoms with Crippen LogP contribution in [0.2, 0.25) is 0 Å². The first-order valence-electron chi connectivity index (χ1n) is 11.6. The largest absolute Gasteiger partial charge is 0.367 e. The number of nitrogens with zero attached hydrogens (tertiary/aromatic N) is 5. The molecule has 2 amide bonds. The fourth-order valence-electron chi connectivity index (χ4n) is 5.55. The number of piperidine rings is 1. The quantitative estimate of drug-likeness (QED) is 0.652. The zero-order valence-electron chi connectivity index (χ0n) is 19.1. The van der Waals surface area contributed by atoms with Gasteiger partial charge in [0.15, 0.2) is 0 Å². The van der Waals surface area contributed by atoms with Gasteiger partial charge in [-0.05, 0) is 50.5 Å². The molecule has 2 fully saturated rings. The van der Waals surface area contributed by atoms with E-state index in [4.69, 9.17) is 0 Å². The predicted molar refractivity (Wildman–Crippen MR) is 123 cm³/mol. The van der Waals surface area contributed by atoms with Crippen LogP contribution in [0.5, 0.6) is 0 Å². The number of hydrogen-bond acceptors (Lipinski definition) is 4. The third kappa shape index (κ3) is 3.73. The van der Waals surface area contributed by atoms with Crippen LogP contribution >= 0.6 is 0 Å². The molecule has 2 atom stereocenters. The molecule has 172 valence electrons. The van der Waals surface area contributed by atoms with Crippen LogP contribution in [0.4, 0.5) is 0 Å². The van der Waals surface area contributed by atoms with Gasteiger partial charge in [0.25, 0.3) is 5.91 Å².